The first-order valence-electron chi connectivity index (χ1n) is 8.93. The summed E-state index contributed by atoms with van der Waals surface area (Å²) in [6, 6.07) is 17.1. The molecule has 6 heteroatoms. The van der Waals surface area contributed by atoms with Crippen LogP contribution in [-0.2, 0) is 11.3 Å². The van der Waals surface area contributed by atoms with Crippen LogP contribution in [0.15, 0.2) is 60.3 Å². The van der Waals surface area contributed by atoms with Crippen LogP contribution in [-0.4, -0.2) is 31.1 Å². The van der Waals surface area contributed by atoms with Crippen molar-refractivity contribution in [2.45, 2.75) is 26.4 Å². The highest BCUT2D eigenvalue weighted by molar-refractivity contribution is 6.07. The van der Waals surface area contributed by atoms with E-state index in [0.717, 1.165) is 5.56 Å². The van der Waals surface area contributed by atoms with E-state index >= 15 is 0 Å². The van der Waals surface area contributed by atoms with Gasteiger partial charge in [-0.3, -0.25) is 4.79 Å². The molecule has 2 rings (SSSR count). The van der Waals surface area contributed by atoms with Crippen molar-refractivity contribution in [1.29, 1.82) is 5.26 Å². The number of rotatable bonds is 8. The van der Waals surface area contributed by atoms with Gasteiger partial charge < -0.3 is 19.7 Å². The minimum Gasteiger partial charge on any atom is -0.497 e. The van der Waals surface area contributed by atoms with Crippen molar-refractivity contribution in [3.8, 4) is 17.6 Å². The van der Waals surface area contributed by atoms with E-state index in [1.54, 1.807) is 24.4 Å². The third-order valence-electron chi connectivity index (χ3n) is 4.19. The first-order chi connectivity index (χ1) is 13.5. The Balaban J connectivity index is 2.25. The average molecular weight is 379 g/mol. The molecule has 0 heterocycles. The van der Waals surface area contributed by atoms with Crippen LogP contribution >= 0.6 is 0 Å². The normalized spacial score (nSPS) is 10.9. The molecule has 0 bridgehead atoms. The highest BCUT2D eigenvalue weighted by atomic mass is 16.5. The van der Waals surface area contributed by atoms with Gasteiger partial charge in [0, 0.05) is 24.9 Å². The van der Waals surface area contributed by atoms with Gasteiger partial charge in [0.25, 0.3) is 5.91 Å². The second-order valence-electron chi connectivity index (χ2n) is 6.43. The number of nitrogens with one attached hydrogen (secondary N) is 1. The van der Waals surface area contributed by atoms with Crippen LogP contribution in [0.5, 0.6) is 11.5 Å². The largest absolute Gasteiger partial charge is 0.497 e. The van der Waals surface area contributed by atoms with Gasteiger partial charge in [-0.15, -0.1) is 0 Å². The molecule has 0 aromatic heterocycles. The van der Waals surface area contributed by atoms with Crippen molar-refractivity contribution in [1.82, 2.24) is 4.90 Å². The highest BCUT2D eigenvalue weighted by Crippen LogP contribution is 2.29. The standard InChI is InChI=1S/C22H25N3O3/c1-16(2)25(14-17-8-6-5-7-9-17)15-18(13-23)22(26)24-20-12-19(27-3)10-11-21(20)28-4/h5-12,15-16H,14H2,1-4H3,(H,24,26)/b18-15-. The van der Waals surface area contributed by atoms with Gasteiger partial charge in [0.05, 0.1) is 19.9 Å². The number of anilines is 1. The Bertz CT molecular complexity index is 870. The molecule has 0 aliphatic rings. The van der Waals surface area contributed by atoms with Gasteiger partial charge in [-0.1, -0.05) is 30.3 Å². The molecule has 0 unspecified atom stereocenters. The van der Waals surface area contributed by atoms with Crippen molar-refractivity contribution in [2.75, 3.05) is 19.5 Å². The Morgan fingerprint density at radius 2 is 1.89 bits per heavy atom. The molecule has 0 atom stereocenters. The van der Waals surface area contributed by atoms with Crippen molar-refractivity contribution >= 4 is 11.6 Å². The average Bonchev–Trinajstić information content (AvgIpc) is 2.71. The maximum atomic E-state index is 12.7. The second kappa shape index (κ2) is 10.0. The summed E-state index contributed by atoms with van der Waals surface area (Å²) < 4.78 is 10.5. The summed E-state index contributed by atoms with van der Waals surface area (Å²) in [5.41, 5.74) is 1.54. The lowest BCUT2D eigenvalue weighted by Gasteiger charge is -2.25. The Morgan fingerprint density at radius 1 is 1.18 bits per heavy atom. The number of methoxy groups -OCH3 is 2. The fourth-order valence-corrected chi connectivity index (χ4v) is 2.58. The molecule has 0 saturated carbocycles. The van der Waals surface area contributed by atoms with Crippen LogP contribution in [0.3, 0.4) is 0 Å². The number of carbonyl (C=O) groups is 1. The SMILES string of the molecule is COc1ccc(OC)c(NC(=O)/C(C#N)=C\N(Cc2ccccc2)C(C)C)c1. The quantitative estimate of drug-likeness (QED) is 0.555. The molecule has 2 aromatic carbocycles. The van der Waals surface area contributed by atoms with Gasteiger partial charge in [-0.2, -0.15) is 5.26 Å². The molecule has 0 aliphatic heterocycles. The summed E-state index contributed by atoms with van der Waals surface area (Å²) in [5, 5.41) is 12.3. The summed E-state index contributed by atoms with van der Waals surface area (Å²) in [7, 11) is 3.05. The fraction of sp³-hybridized carbons (Fsp3) is 0.273. The van der Waals surface area contributed by atoms with Gasteiger partial charge in [-0.05, 0) is 31.5 Å². The maximum absolute atomic E-state index is 12.7. The molecule has 0 saturated heterocycles. The predicted octanol–water partition coefficient (Wildman–Crippen LogP) is 3.96. The topological polar surface area (TPSA) is 74.6 Å². The van der Waals surface area contributed by atoms with E-state index < -0.39 is 5.91 Å². The minimum atomic E-state index is -0.507. The first-order valence-corrected chi connectivity index (χ1v) is 8.93. The smallest absolute Gasteiger partial charge is 0.267 e. The zero-order valence-electron chi connectivity index (χ0n) is 16.6. The lowest BCUT2D eigenvalue weighted by atomic mass is 10.2. The van der Waals surface area contributed by atoms with Crippen LogP contribution in [0.2, 0.25) is 0 Å². The van der Waals surface area contributed by atoms with Gasteiger partial charge in [-0.25, -0.2) is 0 Å². The molecule has 146 valence electrons. The Hall–Kier alpha value is -3.46. The van der Waals surface area contributed by atoms with Crippen LogP contribution < -0.4 is 14.8 Å². The van der Waals surface area contributed by atoms with Gasteiger partial charge in [0.1, 0.15) is 23.1 Å². The molecule has 0 aliphatic carbocycles. The highest BCUT2D eigenvalue weighted by Gasteiger charge is 2.16. The van der Waals surface area contributed by atoms with Gasteiger partial charge >= 0.3 is 0 Å². The molecular weight excluding hydrogens is 354 g/mol. The number of hydrogen-bond donors (Lipinski definition) is 1. The summed E-state index contributed by atoms with van der Waals surface area (Å²) in [4.78, 5) is 14.7. The molecule has 1 amide bonds. The summed E-state index contributed by atoms with van der Waals surface area (Å²) in [5.74, 6) is 0.552. The van der Waals surface area contributed by atoms with Crippen LogP contribution in [0, 0.1) is 11.3 Å². The summed E-state index contributed by atoms with van der Waals surface area (Å²) in [6.45, 7) is 4.62. The van der Waals surface area contributed by atoms with Crippen LogP contribution in [0.1, 0.15) is 19.4 Å². The predicted molar refractivity (Wildman–Crippen MR) is 109 cm³/mol. The van der Waals surface area contributed by atoms with Crippen molar-refractivity contribution in [3.05, 3.63) is 65.9 Å². The third-order valence-corrected chi connectivity index (χ3v) is 4.19. The first kappa shape index (κ1) is 20.8. The molecule has 0 radical (unpaired) electrons. The molecule has 0 fully saturated rings. The Labute approximate surface area is 166 Å². The van der Waals surface area contributed by atoms with Gasteiger partial charge in [0.15, 0.2) is 0 Å². The van der Waals surface area contributed by atoms with Crippen LogP contribution in [0.4, 0.5) is 5.69 Å². The molecule has 0 spiro atoms. The number of benzene rings is 2. The lowest BCUT2D eigenvalue weighted by molar-refractivity contribution is -0.112. The number of amides is 1. The van der Waals surface area contributed by atoms with Crippen molar-refractivity contribution in [2.24, 2.45) is 0 Å². The molecule has 28 heavy (non-hydrogen) atoms. The van der Waals surface area contributed by atoms with E-state index in [1.807, 2.05) is 55.1 Å². The Morgan fingerprint density at radius 3 is 2.46 bits per heavy atom. The van der Waals surface area contributed by atoms with E-state index in [-0.39, 0.29) is 11.6 Å². The second-order valence-corrected chi connectivity index (χ2v) is 6.43. The number of ether oxygens (including phenoxy) is 2. The van der Waals surface area contributed by atoms with E-state index in [9.17, 15) is 10.1 Å². The van der Waals surface area contributed by atoms with Crippen molar-refractivity contribution in [3.63, 3.8) is 0 Å². The summed E-state index contributed by atoms with van der Waals surface area (Å²) in [6.07, 6.45) is 1.60. The third kappa shape index (κ3) is 5.52. The molecule has 1 N–H and O–H groups in total. The molecular formula is C22H25N3O3. The Kier molecular flexibility index (Phi) is 7.46. The zero-order chi connectivity index (χ0) is 20.5. The number of hydrogen-bond acceptors (Lipinski definition) is 5. The molecule has 6 nitrogen and oxygen atoms in total. The van der Waals surface area contributed by atoms with Gasteiger partial charge in [0.2, 0.25) is 0 Å². The lowest BCUT2D eigenvalue weighted by Crippen LogP contribution is -2.27. The minimum absolute atomic E-state index is 0.00880. The zero-order valence-corrected chi connectivity index (χ0v) is 16.6. The number of nitrogens with zero attached hydrogens (tertiary/aromatic N) is 2. The van der Waals surface area contributed by atoms with E-state index in [2.05, 4.69) is 5.32 Å². The summed E-state index contributed by atoms with van der Waals surface area (Å²) >= 11 is 0. The van der Waals surface area contributed by atoms with E-state index in [4.69, 9.17) is 9.47 Å². The maximum Gasteiger partial charge on any atom is 0.267 e. The number of nitriles is 1. The monoisotopic (exact) mass is 379 g/mol. The van der Waals surface area contributed by atoms with Crippen molar-refractivity contribution < 1.29 is 14.3 Å². The molecule has 2 aromatic rings. The van der Waals surface area contributed by atoms with E-state index in [1.165, 1.54) is 14.2 Å². The van der Waals surface area contributed by atoms with E-state index in [0.29, 0.717) is 23.7 Å². The van der Waals surface area contributed by atoms with Crippen LogP contribution in [0.25, 0.3) is 0 Å². The number of carbonyl (C=O) groups excluding carboxylic acids is 1. The fourth-order valence-electron chi connectivity index (χ4n) is 2.58.